The van der Waals surface area contributed by atoms with Gasteiger partial charge in [-0.3, -0.25) is 18.7 Å². The molecule has 0 spiro atoms. The quantitative estimate of drug-likeness (QED) is 0.392. The number of esters is 1. The van der Waals surface area contributed by atoms with Crippen LogP contribution in [0.5, 0.6) is 0 Å². The summed E-state index contributed by atoms with van der Waals surface area (Å²) in [7, 11) is 1.27. The van der Waals surface area contributed by atoms with Crippen molar-refractivity contribution in [1.29, 1.82) is 0 Å². The average molecular weight is 454 g/mol. The zero-order valence-electron chi connectivity index (χ0n) is 18.9. The summed E-state index contributed by atoms with van der Waals surface area (Å²) in [6.45, 7) is 5.11. The van der Waals surface area contributed by atoms with Gasteiger partial charge in [0.1, 0.15) is 16.9 Å². The number of pyridine rings is 1. The number of anilines is 1. The normalized spacial score (nSPS) is 11.1. The molecule has 3 aromatic heterocycles. The minimum atomic E-state index is -0.837. The molecule has 33 heavy (non-hydrogen) atoms. The maximum Gasteiger partial charge on any atom is 0.342 e. The standard InChI is InChI=1S/C22H26N6O5/c1-5-15-14(10-25-28(15)17-8-6-7-9-24-17)21(31)33-12-16(29)18-19(23)27(11-13(2)3)22(32)26(4)20(18)30/h6-10,13H,5,11-12,23H2,1-4H3. The Balaban J connectivity index is 1.86. The van der Waals surface area contributed by atoms with Crippen LogP contribution in [-0.4, -0.2) is 42.3 Å². The van der Waals surface area contributed by atoms with Crippen LogP contribution in [0.15, 0.2) is 40.2 Å². The fraction of sp³-hybridized carbons (Fsp3) is 0.364. The predicted octanol–water partition coefficient (Wildman–Crippen LogP) is 0.968. The van der Waals surface area contributed by atoms with E-state index in [1.54, 1.807) is 24.4 Å². The van der Waals surface area contributed by atoms with E-state index in [4.69, 9.17) is 10.5 Å². The van der Waals surface area contributed by atoms with E-state index in [1.807, 2.05) is 20.8 Å². The highest BCUT2D eigenvalue weighted by atomic mass is 16.5. The summed E-state index contributed by atoms with van der Waals surface area (Å²) >= 11 is 0. The number of ketones is 1. The largest absolute Gasteiger partial charge is 0.454 e. The molecule has 0 amide bonds. The molecule has 0 saturated heterocycles. The van der Waals surface area contributed by atoms with Gasteiger partial charge in [-0.2, -0.15) is 5.10 Å². The number of nitrogens with two attached hydrogens (primary N) is 1. The second-order valence-corrected chi connectivity index (χ2v) is 7.87. The lowest BCUT2D eigenvalue weighted by molar-refractivity contribution is 0.0473. The molecule has 0 bridgehead atoms. The van der Waals surface area contributed by atoms with Gasteiger partial charge in [0.25, 0.3) is 5.56 Å². The Kier molecular flexibility index (Phi) is 6.90. The number of ether oxygens (including phenoxy) is 1. The molecular formula is C22H26N6O5. The topological polar surface area (TPSA) is 144 Å². The lowest BCUT2D eigenvalue weighted by atomic mass is 10.1. The third-order valence-electron chi connectivity index (χ3n) is 5.03. The number of nitrogen functional groups attached to an aromatic ring is 1. The van der Waals surface area contributed by atoms with Gasteiger partial charge in [-0.15, -0.1) is 0 Å². The third-order valence-corrected chi connectivity index (χ3v) is 5.03. The van der Waals surface area contributed by atoms with Crippen molar-refractivity contribution in [2.24, 2.45) is 13.0 Å². The van der Waals surface area contributed by atoms with Crippen molar-refractivity contribution in [3.05, 3.63) is 68.3 Å². The van der Waals surface area contributed by atoms with Crippen molar-refractivity contribution in [2.75, 3.05) is 12.3 Å². The van der Waals surface area contributed by atoms with E-state index in [2.05, 4.69) is 10.1 Å². The molecule has 174 valence electrons. The maximum absolute atomic E-state index is 12.8. The zero-order chi connectivity index (χ0) is 24.3. The number of Topliss-reactive ketones (excluding diaryl/α,β-unsaturated/α-hetero) is 1. The molecule has 0 aliphatic carbocycles. The number of rotatable bonds is 8. The number of carbonyl (C=O) groups is 2. The smallest absolute Gasteiger partial charge is 0.342 e. The molecule has 11 heteroatoms. The lowest BCUT2D eigenvalue weighted by Crippen LogP contribution is -2.43. The zero-order valence-corrected chi connectivity index (χ0v) is 18.9. The van der Waals surface area contributed by atoms with Crippen LogP contribution in [0.4, 0.5) is 5.82 Å². The molecule has 3 rings (SSSR count). The molecule has 11 nitrogen and oxygen atoms in total. The Morgan fingerprint density at radius 3 is 2.55 bits per heavy atom. The van der Waals surface area contributed by atoms with Gasteiger partial charge in [-0.25, -0.2) is 19.3 Å². The summed E-state index contributed by atoms with van der Waals surface area (Å²) in [5.41, 5.74) is 4.91. The Hall–Kier alpha value is -4.02. The lowest BCUT2D eigenvalue weighted by Gasteiger charge is -2.16. The molecular weight excluding hydrogens is 428 g/mol. The van der Waals surface area contributed by atoms with E-state index in [0.29, 0.717) is 17.9 Å². The first-order chi connectivity index (χ1) is 15.7. The van der Waals surface area contributed by atoms with Crippen LogP contribution in [0, 0.1) is 5.92 Å². The first-order valence-corrected chi connectivity index (χ1v) is 10.4. The SMILES string of the molecule is CCc1c(C(=O)OCC(=O)c2c(N)n(CC(C)C)c(=O)n(C)c2=O)cnn1-c1ccccn1. The van der Waals surface area contributed by atoms with Crippen LogP contribution in [0.1, 0.15) is 47.2 Å². The summed E-state index contributed by atoms with van der Waals surface area (Å²) < 4.78 is 8.70. The Labute approximate surface area is 189 Å². The van der Waals surface area contributed by atoms with E-state index in [0.717, 1.165) is 4.57 Å². The van der Waals surface area contributed by atoms with E-state index >= 15 is 0 Å². The van der Waals surface area contributed by atoms with Crippen molar-refractivity contribution >= 4 is 17.6 Å². The molecule has 0 fully saturated rings. The molecule has 0 aromatic carbocycles. The van der Waals surface area contributed by atoms with Crippen molar-refractivity contribution in [2.45, 2.75) is 33.7 Å². The summed E-state index contributed by atoms with van der Waals surface area (Å²) in [6.07, 6.45) is 3.41. The minimum absolute atomic E-state index is 0.0476. The van der Waals surface area contributed by atoms with E-state index < -0.39 is 29.6 Å². The van der Waals surface area contributed by atoms with Gasteiger partial charge in [0, 0.05) is 19.8 Å². The second kappa shape index (κ2) is 9.63. The van der Waals surface area contributed by atoms with Gasteiger partial charge in [0.15, 0.2) is 12.4 Å². The van der Waals surface area contributed by atoms with Crippen LogP contribution < -0.4 is 17.0 Å². The highest BCUT2D eigenvalue weighted by Crippen LogP contribution is 2.16. The van der Waals surface area contributed by atoms with Gasteiger partial charge in [0.2, 0.25) is 5.78 Å². The first-order valence-electron chi connectivity index (χ1n) is 10.4. The monoisotopic (exact) mass is 454 g/mol. The maximum atomic E-state index is 12.8. The van der Waals surface area contributed by atoms with Crippen LogP contribution in [0.25, 0.3) is 5.82 Å². The molecule has 2 N–H and O–H groups in total. The van der Waals surface area contributed by atoms with Crippen molar-refractivity contribution < 1.29 is 14.3 Å². The minimum Gasteiger partial charge on any atom is -0.454 e. The number of hydrogen-bond donors (Lipinski definition) is 1. The van der Waals surface area contributed by atoms with Gasteiger partial charge in [-0.1, -0.05) is 26.8 Å². The predicted molar refractivity (Wildman–Crippen MR) is 121 cm³/mol. The molecule has 0 atom stereocenters. The molecule has 0 radical (unpaired) electrons. The highest BCUT2D eigenvalue weighted by Gasteiger charge is 2.25. The molecule has 3 heterocycles. The van der Waals surface area contributed by atoms with Crippen LogP contribution in [-0.2, 0) is 24.8 Å². The Morgan fingerprint density at radius 2 is 1.94 bits per heavy atom. The summed E-state index contributed by atoms with van der Waals surface area (Å²) in [4.78, 5) is 54.7. The van der Waals surface area contributed by atoms with E-state index in [9.17, 15) is 19.2 Å². The highest BCUT2D eigenvalue weighted by molar-refractivity contribution is 6.02. The number of carbonyl (C=O) groups excluding carboxylic acids is 2. The number of aromatic nitrogens is 5. The fourth-order valence-corrected chi connectivity index (χ4v) is 3.43. The van der Waals surface area contributed by atoms with Gasteiger partial charge in [-0.05, 0) is 24.5 Å². The Bertz CT molecular complexity index is 1300. The number of hydrogen-bond acceptors (Lipinski definition) is 8. The van der Waals surface area contributed by atoms with E-state index in [-0.39, 0.29) is 29.4 Å². The summed E-state index contributed by atoms with van der Waals surface area (Å²) in [5, 5.41) is 4.21. The average Bonchev–Trinajstić information content (AvgIpc) is 3.23. The van der Waals surface area contributed by atoms with Crippen LogP contribution in [0.3, 0.4) is 0 Å². The molecule has 0 aliphatic heterocycles. The molecule has 0 saturated carbocycles. The van der Waals surface area contributed by atoms with Gasteiger partial charge in [0.05, 0.1) is 11.9 Å². The number of nitrogens with zero attached hydrogens (tertiary/aromatic N) is 5. The second-order valence-electron chi connectivity index (χ2n) is 7.87. The van der Waals surface area contributed by atoms with Crippen molar-refractivity contribution in [3.8, 4) is 5.82 Å². The summed E-state index contributed by atoms with van der Waals surface area (Å²) in [5.74, 6) is -1.22. The fourth-order valence-electron chi connectivity index (χ4n) is 3.43. The Morgan fingerprint density at radius 1 is 1.21 bits per heavy atom. The van der Waals surface area contributed by atoms with Crippen molar-refractivity contribution in [3.63, 3.8) is 0 Å². The first kappa shape index (κ1) is 23.6. The molecule has 3 aromatic rings. The molecule has 0 aliphatic rings. The van der Waals surface area contributed by atoms with Crippen LogP contribution in [0.2, 0.25) is 0 Å². The van der Waals surface area contributed by atoms with Crippen molar-refractivity contribution in [1.82, 2.24) is 23.9 Å². The van der Waals surface area contributed by atoms with Gasteiger partial charge < -0.3 is 10.5 Å². The third kappa shape index (κ3) is 4.61. The van der Waals surface area contributed by atoms with Gasteiger partial charge >= 0.3 is 11.7 Å². The van der Waals surface area contributed by atoms with E-state index in [1.165, 1.54) is 22.5 Å². The summed E-state index contributed by atoms with van der Waals surface area (Å²) in [6, 6.07) is 5.30. The van der Waals surface area contributed by atoms with Crippen LogP contribution >= 0.6 is 0 Å². The molecule has 0 unspecified atom stereocenters.